The van der Waals surface area contributed by atoms with Gasteiger partial charge in [-0.2, -0.15) is 18.3 Å². The normalized spacial score (nSPS) is 15.5. The summed E-state index contributed by atoms with van der Waals surface area (Å²) in [6.07, 6.45) is -2.85. The number of allylic oxidation sites excluding steroid dienone is 1. The van der Waals surface area contributed by atoms with Crippen LogP contribution < -0.4 is 20.1 Å². The molecule has 0 spiro atoms. The number of aliphatic imine (C=N–C) groups is 1. The number of halogens is 3. The van der Waals surface area contributed by atoms with Crippen molar-refractivity contribution < 1.29 is 27.4 Å². The summed E-state index contributed by atoms with van der Waals surface area (Å²) in [5, 5.41) is 13.7. The molecule has 1 aromatic heterocycles. The Labute approximate surface area is 221 Å². The Balaban J connectivity index is 1.54. The molecule has 0 aliphatic carbocycles. The summed E-state index contributed by atoms with van der Waals surface area (Å²) in [6.45, 7) is 1.72. The van der Waals surface area contributed by atoms with Gasteiger partial charge in [0, 0.05) is 22.3 Å². The SMILES string of the molecule is COc1ccc(C2=NC(c3ccc(C(F)(F)F)cc3)C(C(=O)Nc3ccc4[nH]ncc4c3)=C(C)N2)cc1OC. The summed E-state index contributed by atoms with van der Waals surface area (Å²) in [4.78, 5) is 18.3. The Kier molecular flexibility index (Phi) is 6.73. The number of carbonyl (C=O) groups is 1. The van der Waals surface area contributed by atoms with Gasteiger partial charge in [0.15, 0.2) is 11.5 Å². The van der Waals surface area contributed by atoms with Crippen molar-refractivity contribution in [2.24, 2.45) is 4.99 Å². The molecule has 11 heteroatoms. The van der Waals surface area contributed by atoms with Crippen molar-refractivity contribution in [2.45, 2.75) is 19.1 Å². The highest BCUT2D eigenvalue weighted by Gasteiger charge is 2.33. The Morgan fingerprint density at radius 2 is 1.72 bits per heavy atom. The number of aromatic amines is 1. The smallest absolute Gasteiger partial charge is 0.416 e. The van der Waals surface area contributed by atoms with Gasteiger partial charge in [-0.05, 0) is 61.0 Å². The van der Waals surface area contributed by atoms with E-state index in [1.165, 1.54) is 26.4 Å². The number of fused-ring (bicyclic) bond motifs is 1. The number of methoxy groups -OCH3 is 2. The second kappa shape index (κ2) is 10.2. The number of benzene rings is 3. The molecule has 3 aromatic carbocycles. The average molecular weight is 536 g/mol. The van der Waals surface area contributed by atoms with Gasteiger partial charge in [-0.1, -0.05) is 12.1 Å². The summed E-state index contributed by atoms with van der Waals surface area (Å²) in [5.41, 5.74) is 2.41. The Bertz CT molecular complexity index is 1610. The maximum absolute atomic E-state index is 13.6. The standard InChI is InChI=1S/C28H24F3N5O3/c1-15-24(27(37)34-20-9-10-21-18(12-20)14-32-36-21)25(16-4-7-19(8-5-16)28(29,30)31)35-26(33-15)17-6-11-22(38-2)23(13-17)39-3/h4-14,25H,1-3H3,(H,32,36)(H,33,35)(H,34,37). The summed E-state index contributed by atoms with van der Waals surface area (Å²) >= 11 is 0. The number of amides is 1. The van der Waals surface area contributed by atoms with Crippen molar-refractivity contribution in [2.75, 3.05) is 19.5 Å². The van der Waals surface area contributed by atoms with Crippen LogP contribution in [0.3, 0.4) is 0 Å². The molecule has 5 rings (SSSR count). The maximum atomic E-state index is 13.6. The van der Waals surface area contributed by atoms with Crippen LogP contribution in [0, 0.1) is 0 Å². The van der Waals surface area contributed by atoms with Crippen LogP contribution in [0.5, 0.6) is 11.5 Å². The third kappa shape index (κ3) is 5.15. The van der Waals surface area contributed by atoms with Crippen LogP contribution in [0.1, 0.15) is 29.7 Å². The highest BCUT2D eigenvalue weighted by molar-refractivity contribution is 6.09. The number of carbonyl (C=O) groups excluding carboxylic acids is 1. The molecule has 1 aliphatic rings. The zero-order chi connectivity index (χ0) is 27.7. The molecule has 1 unspecified atom stereocenters. The van der Waals surface area contributed by atoms with Crippen LogP contribution in [0.2, 0.25) is 0 Å². The number of nitrogens with zero attached hydrogens (tertiary/aromatic N) is 2. The molecule has 1 atom stereocenters. The van der Waals surface area contributed by atoms with Crippen molar-refractivity contribution in [3.8, 4) is 11.5 Å². The lowest BCUT2D eigenvalue weighted by Gasteiger charge is -2.27. The first-order valence-corrected chi connectivity index (χ1v) is 11.9. The van der Waals surface area contributed by atoms with Gasteiger partial charge in [0.25, 0.3) is 5.91 Å². The van der Waals surface area contributed by atoms with E-state index in [0.29, 0.717) is 39.8 Å². The molecule has 8 nitrogen and oxygen atoms in total. The van der Waals surface area contributed by atoms with Crippen LogP contribution in [0.4, 0.5) is 18.9 Å². The lowest BCUT2D eigenvalue weighted by molar-refractivity contribution is -0.137. The van der Waals surface area contributed by atoms with Crippen molar-refractivity contribution in [3.63, 3.8) is 0 Å². The zero-order valence-electron chi connectivity index (χ0n) is 21.2. The Morgan fingerprint density at radius 3 is 2.41 bits per heavy atom. The summed E-state index contributed by atoms with van der Waals surface area (Å²) in [6, 6.07) is 14.3. The van der Waals surface area contributed by atoms with Gasteiger partial charge in [-0.15, -0.1) is 0 Å². The number of aromatic nitrogens is 2. The Hall–Kier alpha value is -4.80. The monoisotopic (exact) mass is 535 g/mol. The average Bonchev–Trinajstić information content (AvgIpc) is 3.39. The third-order valence-corrected chi connectivity index (χ3v) is 6.39. The fourth-order valence-electron chi connectivity index (χ4n) is 4.42. The summed E-state index contributed by atoms with van der Waals surface area (Å²) in [5.74, 6) is 0.988. The quantitative estimate of drug-likeness (QED) is 0.298. The van der Waals surface area contributed by atoms with E-state index in [1.54, 1.807) is 49.5 Å². The van der Waals surface area contributed by atoms with E-state index < -0.39 is 23.7 Å². The van der Waals surface area contributed by atoms with Gasteiger partial charge in [0.2, 0.25) is 0 Å². The molecular formula is C28H24F3N5O3. The molecule has 2 heterocycles. The largest absolute Gasteiger partial charge is 0.493 e. The number of hydrogen-bond acceptors (Lipinski definition) is 6. The van der Waals surface area contributed by atoms with Crippen LogP contribution in [-0.4, -0.2) is 36.2 Å². The first-order valence-electron chi connectivity index (χ1n) is 11.9. The number of anilines is 1. The van der Waals surface area contributed by atoms with Gasteiger partial charge in [-0.25, -0.2) is 0 Å². The number of nitrogens with one attached hydrogen (secondary N) is 3. The molecule has 0 radical (unpaired) electrons. The molecule has 0 saturated carbocycles. The predicted octanol–water partition coefficient (Wildman–Crippen LogP) is 5.60. The number of amidine groups is 1. The van der Waals surface area contributed by atoms with E-state index in [1.807, 2.05) is 0 Å². The summed E-state index contributed by atoms with van der Waals surface area (Å²) in [7, 11) is 3.04. The molecule has 1 amide bonds. The van der Waals surface area contributed by atoms with E-state index in [-0.39, 0.29) is 5.57 Å². The van der Waals surface area contributed by atoms with Gasteiger partial charge >= 0.3 is 6.18 Å². The minimum atomic E-state index is -4.49. The lowest BCUT2D eigenvalue weighted by atomic mass is 9.93. The molecular weight excluding hydrogens is 511 g/mol. The van der Waals surface area contributed by atoms with Gasteiger partial charge in [-0.3, -0.25) is 14.9 Å². The second-order valence-electron chi connectivity index (χ2n) is 8.86. The summed E-state index contributed by atoms with van der Waals surface area (Å²) < 4.78 is 50.4. The number of H-pyrrole nitrogens is 1. The fraction of sp³-hybridized carbons (Fsp3) is 0.179. The van der Waals surface area contributed by atoms with E-state index in [0.717, 1.165) is 23.0 Å². The minimum absolute atomic E-state index is 0.270. The van der Waals surface area contributed by atoms with Crippen LogP contribution >= 0.6 is 0 Å². The van der Waals surface area contributed by atoms with Crippen molar-refractivity contribution in [1.29, 1.82) is 0 Å². The van der Waals surface area contributed by atoms with Gasteiger partial charge < -0.3 is 20.1 Å². The van der Waals surface area contributed by atoms with E-state index >= 15 is 0 Å². The van der Waals surface area contributed by atoms with E-state index in [9.17, 15) is 18.0 Å². The third-order valence-electron chi connectivity index (χ3n) is 6.39. The number of alkyl halides is 3. The lowest BCUT2D eigenvalue weighted by Crippen LogP contribution is -2.34. The second-order valence-corrected chi connectivity index (χ2v) is 8.86. The minimum Gasteiger partial charge on any atom is -0.493 e. The van der Waals surface area contributed by atoms with Crippen molar-refractivity contribution in [1.82, 2.24) is 15.5 Å². The topological polar surface area (TPSA) is 101 Å². The van der Waals surface area contributed by atoms with Crippen LogP contribution in [0.15, 0.2) is 83.1 Å². The van der Waals surface area contributed by atoms with Gasteiger partial charge in [0.1, 0.15) is 11.9 Å². The van der Waals surface area contributed by atoms with Crippen molar-refractivity contribution in [3.05, 3.63) is 94.8 Å². The van der Waals surface area contributed by atoms with Crippen LogP contribution in [-0.2, 0) is 11.0 Å². The van der Waals surface area contributed by atoms with E-state index in [4.69, 9.17) is 14.5 Å². The molecule has 200 valence electrons. The maximum Gasteiger partial charge on any atom is 0.416 e. The number of hydrogen-bond donors (Lipinski definition) is 3. The number of rotatable bonds is 6. The highest BCUT2D eigenvalue weighted by atomic mass is 19.4. The van der Waals surface area contributed by atoms with Crippen LogP contribution in [0.25, 0.3) is 10.9 Å². The molecule has 39 heavy (non-hydrogen) atoms. The molecule has 0 bridgehead atoms. The predicted molar refractivity (Wildman–Crippen MR) is 141 cm³/mol. The first-order chi connectivity index (χ1) is 18.7. The van der Waals surface area contributed by atoms with E-state index in [2.05, 4.69) is 20.8 Å². The van der Waals surface area contributed by atoms with Gasteiger partial charge in [0.05, 0.1) is 37.1 Å². The van der Waals surface area contributed by atoms with Crippen molar-refractivity contribution >= 4 is 28.3 Å². The Morgan fingerprint density at radius 1 is 0.974 bits per heavy atom. The molecule has 1 aliphatic heterocycles. The number of ether oxygens (including phenoxy) is 2. The molecule has 0 fully saturated rings. The molecule has 0 saturated heterocycles. The fourth-order valence-corrected chi connectivity index (χ4v) is 4.42. The molecule has 4 aromatic rings. The molecule has 3 N–H and O–H groups in total. The zero-order valence-corrected chi connectivity index (χ0v) is 21.2. The highest BCUT2D eigenvalue weighted by Crippen LogP contribution is 2.36. The first kappa shape index (κ1) is 25.8.